The average Bonchev–Trinajstić information content (AvgIpc) is 2.40. The first-order valence-corrected chi connectivity index (χ1v) is 7.51. The maximum atomic E-state index is 10.6. The monoisotopic (exact) mass is 302 g/mol. The van der Waals surface area contributed by atoms with Crippen LogP contribution in [0.25, 0.3) is 0 Å². The van der Waals surface area contributed by atoms with Crippen molar-refractivity contribution >= 4 is 5.97 Å². The second kappa shape index (κ2) is 7.83. The molecule has 0 unspecified atom stereocenters. The molecule has 0 aliphatic rings. The SMILES string of the molecule is C=C(C=C(C)C(C)C)Cc1c(C)cc(OCC(=O)O)cc1C. The van der Waals surface area contributed by atoms with Crippen molar-refractivity contribution < 1.29 is 14.6 Å². The van der Waals surface area contributed by atoms with E-state index in [1.807, 2.05) is 26.0 Å². The molecule has 0 aliphatic carbocycles. The predicted molar refractivity (Wildman–Crippen MR) is 90.5 cm³/mol. The second-order valence-corrected chi connectivity index (χ2v) is 6.10. The van der Waals surface area contributed by atoms with Gasteiger partial charge in [0, 0.05) is 0 Å². The Labute approximate surface area is 133 Å². The Morgan fingerprint density at radius 1 is 1.32 bits per heavy atom. The fourth-order valence-corrected chi connectivity index (χ4v) is 2.23. The fourth-order valence-electron chi connectivity index (χ4n) is 2.23. The smallest absolute Gasteiger partial charge is 0.341 e. The molecule has 0 aliphatic heterocycles. The van der Waals surface area contributed by atoms with Gasteiger partial charge >= 0.3 is 5.97 Å². The summed E-state index contributed by atoms with van der Waals surface area (Å²) in [5.74, 6) is 0.147. The number of allylic oxidation sites excluding steroid dienone is 3. The molecule has 1 aromatic rings. The Bertz CT molecular complexity index is 572. The van der Waals surface area contributed by atoms with Gasteiger partial charge in [-0.25, -0.2) is 4.79 Å². The quantitative estimate of drug-likeness (QED) is 0.756. The van der Waals surface area contributed by atoms with E-state index in [0.717, 1.165) is 23.1 Å². The minimum absolute atomic E-state index is 0.318. The van der Waals surface area contributed by atoms with Crippen LogP contribution in [0.4, 0.5) is 0 Å². The zero-order valence-electron chi connectivity index (χ0n) is 14.2. The van der Waals surface area contributed by atoms with Crippen molar-refractivity contribution in [2.45, 2.75) is 41.0 Å². The van der Waals surface area contributed by atoms with Crippen LogP contribution in [0.5, 0.6) is 5.75 Å². The normalized spacial score (nSPS) is 11.6. The first kappa shape index (κ1) is 18.0. The molecule has 120 valence electrons. The van der Waals surface area contributed by atoms with Crippen molar-refractivity contribution in [2.75, 3.05) is 6.61 Å². The molecule has 0 fully saturated rings. The third kappa shape index (κ3) is 5.40. The van der Waals surface area contributed by atoms with E-state index in [9.17, 15) is 4.79 Å². The number of ether oxygens (including phenoxy) is 1. The third-order valence-electron chi connectivity index (χ3n) is 3.78. The lowest BCUT2D eigenvalue weighted by Gasteiger charge is -2.14. The number of carbonyl (C=O) groups is 1. The Morgan fingerprint density at radius 2 is 1.86 bits per heavy atom. The van der Waals surface area contributed by atoms with E-state index in [1.165, 1.54) is 11.1 Å². The van der Waals surface area contributed by atoms with Gasteiger partial charge in [-0.05, 0) is 61.9 Å². The maximum Gasteiger partial charge on any atom is 0.341 e. The molecule has 3 heteroatoms. The van der Waals surface area contributed by atoms with Crippen LogP contribution >= 0.6 is 0 Å². The summed E-state index contributed by atoms with van der Waals surface area (Å²) >= 11 is 0. The molecule has 1 rings (SSSR count). The summed E-state index contributed by atoms with van der Waals surface area (Å²) < 4.78 is 5.25. The minimum Gasteiger partial charge on any atom is -0.482 e. The van der Waals surface area contributed by atoms with Crippen molar-refractivity contribution in [1.82, 2.24) is 0 Å². The van der Waals surface area contributed by atoms with E-state index in [0.29, 0.717) is 11.7 Å². The summed E-state index contributed by atoms with van der Waals surface area (Å²) in [5.41, 5.74) is 5.81. The number of carboxylic acids is 1. The summed E-state index contributed by atoms with van der Waals surface area (Å²) in [7, 11) is 0. The largest absolute Gasteiger partial charge is 0.482 e. The molecule has 0 amide bonds. The Kier molecular flexibility index (Phi) is 6.41. The third-order valence-corrected chi connectivity index (χ3v) is 3.78. The van der Waals surface area contributed by atoms with Crippen LogP contribution in [0, 0.1) is 19.8 Å². The van der Waals surface area contributed by atoms with Gasteiger partial charge in [0.25, 0.3) is 0 Å². The lowest BCUT2D eigenvalue weighted by atomic mass is 9.94. The van der Waals surface area contributed by atoms with Crippen LogP contribution in [0.2, 0.25) is 0 Å². The molecule has 0 aromatic heterocycles. The highest BCUT2D eigenvalue weighted by Crippen LogP contribution is 2.25. The average molecular weight is 302 g/mol. The van der Waals surface area contributed by atoms with Gasteiger partial charge in [-0.1, -0.05) is 37.6 Å². The van der Waals surface area contributed by atoms with Crippen LogP contribution in [0.3, 0.4) is 0 Å². The zero-order valence-corrected chi connectivity index (χ0v) is 14.2. The van der Waals surface area contributed by atoms with Crippen molar-refractivity contribution in [3.63, 3.8) is 0 Å². The molecule has 0 radical (unpaired) electrons. The van der Waals surface area contributed by atoms with Gasteiger partial charge in [0.05, 0.1) is 0 Å². The highest BCUT2D eigenvalue weighted by atomic mass is 16.5. The predicted octanol–water partition coefficient (Wildman–Crippen LogP) is 4.47. The Balaban J connectivity index is 2.90. The molecule has 0 spiro atoms. The van der Waals surface area contributed by atoms with Gasteiger partial charge in [-0.2, -0.15) is 0 Å². The molecule has 0 heterocycles. The topological polar surface area (TPSA) is 46.5 Å². The Hall–Kier alpha value is -2.03. The minimum atomic E-state index is -0.970. The van der Waals surface area contributed by atoms with E-state index < -0.39 is 5.97 Å². The number of hydrogen-bond donors (Lipinski definition) is 1. The van der Waals surface area contributed by atoms with Gasteiger partial charge in [0.2, 0.25) is 0 Å². The van der Waals surface area contributed by atoms with E-state index in [1.54, 1.807) is 0 Å². The van der Waals surface area contributed by atoms with Gasteiger partial charge in [-0.3, -0.25) is 0 Å². The highest BCUT2D eigenvalue weighted by molar-refractivity contribution is 5.68. The molecule has 3 nitrogen and oxygen atoms in total. The summed E-state index contributed by atoms with van der Waals surface area (Å²) in [4.78, 5) is 10.6. The lowest BCUT2D eigenvalue weighted by Crippen LogP contribution is -2.10. The number of aryl methyl sites for hydroxylation is 2. The van der Waals surface area contributed by atoms with Crippen LogP contribution in [0.15, 0.2) is 35.9 Å². The summed E-state index contributed by atoms with van der Waals surface area (Å²) in [6, 6.07) is 3.77. The van der Waals surface area contributed by atoms with Crippen LogP contribution in [-0.2, 0) is 11.2 Å². The van der Waals surface area contributed by atoms with Gasteiger partial charge < -0.3 is 9.84 Å². The van der Waals surface area contributed by atoms with Crippen LogP contribution in [-0.4, -0.2) is 17.7 Å². The molecule has 0 bridgehead atoms. The first-order chi connectivity index (χ1) is 10.2. The first-order valence-electron chi connectivity index (χ1n) is 7.51. The van der Waals surface area contributed by atoms with Gasteiger partial charge in [0.15, 0.2) is 6.61 Å². The number of hydrogen-bond acceptors (Lipinski definition) is 2. The molecule has 22 heavy (non-hydrogen) atoms. The summed E-state index contributed by atoms with van der Waals surface area (Å²) in [6.07, 6.45) is 2.94. The van der Waals surface area contributed by atoms with E-state index >= 15 is 0 Å². The molecule has 1 N–H and O–H groups in total. The molecule has 0 saturated heterocycles. The van der Waals surface area contributed by atoms with Gasteiger partial charge in [-0.15, -0.1) is 0 Å². The number of rotatable bonds is 7. The van der Waals surface area contributed by atoms with Crippen molar-refractivity contribution in [3.8, 4) is 5.75 Å². The van der Waals surface area contributed by atoms with E-state index in [2.05, 4.69) is 33.4 Å². The second-order valence-electron chi connectivity index (χ2n) is 6.10. The summed E-state index contributed by atoms with van der Waals surface area (Å²) in [5, 5.41) is 8.67. The van der Waals surface area contributed by atoms with Gasteiger partial charge in [0.1, 0.15) is 5.75 Å². The zero-order chi connectivity index (χ0) is 16.9. The molecule has 0 saturated carbocycles. The summed E-state index contributed by atoms with van der Waals surface area (Å²) in [6.45, 7) is 14.3. The lowest BCUT2D eigenvalue weighted by molar-refractivity contribution is -0.139. The number of carboxylic acid groups (broad SMARTS) is 1. The fraction of sp³-hybridized carbons (Fsp3) is 0.421. The van der Waals surface area contributed by atoms with Crippen LogP contribution in [0.1, 0.15) is 37.5 Å². The Morgan fingerprint density at radius 3 is 2.32 bits per heavy atom. The molecule has 1 aromatic carbocycles. The maximum absolute atomic E-state index is 10.6. The van der Waals surface area contributed by atoms with Crippen molar-refractivity contribution in [1.29, 1.82) is 0 Å². The molecular weight excluding hydrogens is 276 g/mol. The van der Waals surface area contributed by atoms with E-state index in [-0.39, 0.29) is 6.61 Å². The molecule has 0 atom stereocenters. The van der Waals surface area contributed by atoms with E-state index in [4.69, 9.17) is 9.84 Å². The van der Waals surface area contributed by atoms with Crippen molar-refractivity contribution in [3.05, 3.63) is 52.6 Å². The number of aliphatic carboxylic acids is 1. The molecular formula is C19H26O3. The van der Waals surface area contributed by atoms with Crippen LogP contribution < -0.4 is 4.74 Å². The standard InChI is InChI=1S/C19H26O3/c1-12(2)14(4)7-13(3)8-18-15(5)9-17(10-16(18)6)22-11-19(20)21/h7,9-10,12H,3,8,11H2,1-2,4-6H3,(H,20,21). The highest BCUT2D eigenvalue weighted by Gasteiger charge is 2.08. The van der Waals surface area contributed by atoms with Crippen molar-refractivity contribution in [2.24, 2.45) is 5.92 Å². The number of benzene rings is 1.